The predicted molar refractivity (Wildman–Crippen MR) is 139 cm³/mol. The molecule has 3 N–H and O–H groups in total. The number of nitrogens with two attached hydrogens (primary N) is 1. The van der Waals surface area contributed by atoms with Crippen molar-refractivity contribution in [3.05, 3.63) is 51.8 Å². The number of thiazole rings is 1. The van der Waals surface area contributed by atoms with Crippen LogP contribution in [0.25, 0.3) is 0 Å². The van der Waals surface area contributed by atoms with Gasteiger partial charge in [0.15, 0.2) is 5.78 Å². The van der Waals surface area contributed by atoms with Gasteiger partial charge in [-0.2, -0.15) is 0 Å². The van der Waals surface area contributed by atoms with Crippen LogP contribution in [-0.4, -0.2) is 54.6 Å². The third kappa shape index (κ3) is 6.08. The molecule has 1 amide bonds. The number of aromatic nitrogens is 5. The molecule has 0 aliphatic carbocycles. The summed E-state index contributed by atoms with van der Waals surface area (Å²) in [4.78, 5) is 49.9. The van der Waals surface area contributed by atoms with E-state index in [2.05, 4.69) is 35.1 Å². The number of likely N-dealkylation sites (tertiary alicyclic amines) is 1. The second-order valence-electron chi connectivity index (χ2n) is 10.2. The summed E-state index contributed by atoms with van der Waals surface area (Å²) >= 11 is 1.26. The third-order valence-corrected chi connectivity index (χ3v) is 7.39. The predicted octanol–water partition coefficient (Wildman–Crippen LogP) is 3.83. The van der Waals surface area contributed by atoms with Gasteiger partial charge in [-0.1, -0.05) is 27.7 Å². The summed E-state index contributed by atoms with van der Waals surface area (Å²) < 4.78 is 0. The Morgan fingerprint density at radius 3 is 2.56 bits per heavy atom. The quantitative estimate of drug-likeness (QED) is 0.434. The van der Waals surface area contributed by atoms with Gasteiger partial charge in [0.25, 0.3) is 5.91 Å². The molecule has 0 spiro atoms. The number of nitrogen functional groups attached to an aromatic ring is 1. The molecule has 0 aromatic carbocycles. The van der Waals surface area contributed by atoms with Gasteiger partial charge in [-0.05, 0) is 25.9 Å². The van der Waals surface area contributed by atoms with Gasteiger partial charge in [0, 0.05) is 35.9 Å². The topological polar surface area (TPSA) is 140 Å². The monoisotopic (exact) mass is 508 g/mol. The van der Waals surface area contributed by atoms with Crippen molar-refractivity contribution in [3.63, 3.8) is 0 Å². The molecule has 4 rings (SSSR count). The molecule has 11 heteroatoms. The van der Waals surface area contributed by atoms with Gasteiger partial charge in [0.05, 0.1) is 16.9 Å². The Morgan fingerprint density at radius 2 is 1.83 bits per heavy atom. The molecule has 3 aromatic rings. The van der Waals surface area contributed by atoms with E-state index in [1.807, 2.05) is 27.7 Å². The number of hydrogen-bond donors (Lipinski definition) is 2. The van der Waals surface area contributed by atoms with Crippen molar-refractivity contribution >= 4 is 34.7 Å². The molecule has 0 radical (unpaired) electrons. The van der Waals surface area contributed by atoms with Crippen molar-refractivity contribution in [1.29, 1.82) is 0 Å². The number of hydrogen-bond acceptors (Lipinski definition) is 10. The fourth-order valence-electron chi connectivity index (χ4n) is 4.08. The smallest absolute Gasteiger partial charge is 0.268 e. The van der Waals surface area contributed by atoms with Crippen molar-refractivity contribution in [3.8, 4) is 0 Å². The average Bonchev–Trinajstić information content (AvgIpc) is 3.52. The van der Waals surface area contributed by atoms with E-state index in [-0.39, 0.29) is 29.4 Å². The number of anilines is 2. The molecule has 1 fully saturated rings. The highest BCUT2D eigenvalue weighted by Gasteiger charge is 2.24. The summed E-state index contributed by atoms with van der Waals surface area (Å²) in [5, 5.41) is 3.52. The van der Waals surface area contributed by atoms with Crippen molar-refractivity contribution in [1.82, 2.24) is 29.8 Å². The molecule has 1 atom stereocenters. The highest BCUT2D eigenvalue weighted by molar-refractivity contribution is 7.13. The molecule has 1 unspecified atom stereocenters. The lowest BCUT2D eigenvalue weighted by Gasteiger charge is -2.18. The van der Waals surface area contributed by atoms with Crippen LogP contribution in [0.3, 0.4) is 0 Å². The van der Waals surface area contributed by atoms with Crippen molar-refractivity contribution in [2.75, 3.05) is 24.1 Å². The highest BCUT2D eigenvalue weighted by Crippen LogP contribution is 2.28. The summed E-state index contributed by atoms with van der Waals surface area (Å²) in [6.07, 6.45) is 6.80. The van der Waals surface area contributed by atoms with Crippen molar-refractivity contribution in [2.45, 2.75) is 64.8 Å². The van der Waals surface area contributed by atoms with Crippen molar-refractivity contribution in [2.24, 2.45) is 0 Å². The van der Waals surface area contributed by atoms with E-state index in [1.165, 1.54) is 30.2 Å². The molecule has 36 heavy (non-hydrogen) atoms. The summed E-state index contributed by atoms with van der Waals surface area (Å²) in [6.45, 7) is 10.6. The maximum atomic E-state index is 13.2. The minimum Gasteiger partial charge on any atom is -0.383 e. The minimum atomic E-state index is -0.299. The highest BCUT2D eigenvalue weighted by atomic mass is 32.1. The van der Waals surface area contributed by atoms with Gasteiger partial charge in [0.2, 0.25) is 0 Å². The molecule has 0 bridgehead atoms. The van der Waals surface area contributed by atoms with E-state index in [0.717, 1.165) is 31.6 Å². The van der Waals surface area contributed by atoms with E-state index >= 15 is 0 Å². The fourth-order valence-corrected chi connectivity index (χ4v) is 4.95. The number of rotatable bonds is 8. The van der Waals surface area contributed by atoms with Gasteiger partial charge < -0.3 is 11.1 Å². The Bertz CT molecular complexity index is 1250. The number of carbonyl (C=O) groups excluding carboxylic acids is 2. The Balaban J connectivity index is 1.43. The molecule has 10 nitrogen and oxygen atoms in total. The lowest BCUT2D eigenvalue weighted by atomic mass is 9.92. The average molecular weight is 509 g/mol. The molecular formula is C25H32N8O2S. The first-order valence-corrected chi connectivity index (χ1v) is 12.9. The van der Waals surface area contributed by atoms with E-state index < -0.39 is 0 Å². The zero-order valence-corrected chi connectivity index (χ0v) is 21.9. The molecule has 0 saturated carbocycles. The zero-order valence-electron chi connectivity index (χ0n) is 21.1. The lowest BCUT2D eigenvalue weighted by Crippen LogP contribution is -2.23. The van der Waals surface area contributed by atoms with Gasteiger partial charge in [-0.3, -0.25) is 14.5 Å². The third-order valence-electron chi connectivity index (χ3n) is 6.16. The fraction of sp³-hybridized carbons (Fsp3) is 0.480. The Kier molecular flexibility index (Phi) is 7.70. The second kappa shape index (κ2) is 10.8. The SMILES string of the molecule is CC(CC(=O)c1ncnc(N)c1CN1CCCC1)c1ncc(C(=O)Nc2cc(C(C)(C)C)ncn2)s1. The summed E-state index contributed by atoms with van der Waals surface area (Å²) in [5.41, 5.74) is 7.85. The normalized spacial score (nSPS) is 15.1. The van der Waals surface area contributed by atoms with Crippen LogP contribution in [0.5, 0.6) is 0 Å². The summed E-state index contributed by atoms with van der Waals surface area (Å²) in [5.74, 6) is 0.187. The van der Waals surface area contributed by atoms with Crippen LogP contribution in [-0.2, 0) is 12.0 Å². The van der Waals surface area contributed by atoms with Crippen LogP contribution in [0.4, 0.5) is 11.6 Å². The number of carbonyl (C=O) groups is 2. The molecule has 190 valence electrons. The Hall–Kier alpha value is -3.31. The number of Topliss-reactive ketones (excluding diaryl/α,β-unsaturated/α-hetero) is 1. The van der Waals surface area contributed by atoms with Crippen LogP contribution in [0, 0.1) is 0 Å². The standard InChI is InChI=1S/C25H32N8O2S/c1-15(9-17(34)21-16(22(26)31-14-30-21)12-33-7-5-6-8-33)24-27-11-18(36-24)23(35)32-20-10-19(25(2,3)4)28-13-29-20/h10-11,13-15H,5-9,12H2,1-4H3,(H2,26,30,31)(H,28,29,32,35). The number of amides is 1. The Morgan fingerprint density at radius 1 is 1.11 bits per heavy atom. The van der Waals surface area contributed by atoms with Crippen LogP contribution < -0.4 is 11.1 Å². The minimum absolute atomic E-state index is 0.109. The van der Waals surface area contributed by atoms with E-state index in [4.69, 9.17) is 5.73 Å². The summed E-state index contributed by atoms with van der Waals surface area (Å²) in [6, 6.07) is 1.77. The number of ketones is 1. The first-order chi connectivity index (χ1) is 17.1. The van der Waals surface area contributed by atoms with Crippen LogP contribution in [0.2, 0.25) is 0 Å². The molecular weight excluding hydrogens is 476 g/mol. The van der Waals surface area contributed by atoms with E-state index in [9.17, 15) is 9.59 Å². The van der Waals surface area contributed by atoms with E-state index in [1.54, 1.807) is 6.07 Å². The maximum Gasteiger partial charge on any atom is 0.268 e. The van der Waals surface area contributed by atoms with Crippen LogP contribution in [0.15, 0.2) is 24.9 Å². The van der Waals surface area contributed by atoms with Gasteiger partial charge in [-0.15, -0.1) is 11.3 Å². The van der Waals surface area contributed by atoms with Gasteiger partial charge in [-0.25, -0.2) is 24.9 Å². The maximum absolute atomic E-state index is 13.2. The first-order valence-electron chi connectivity index (χ1n) is 12.1. The van der Waals surface area contributed by atoms with Crippen LogP contribution in [0.1, 0.15) is 89.3 Å². The number of nitrogens with zero attached hydrogens (tertiary/aromatic N) is 6. The molecule has 1 aliphatic heterocycles. The second-order valence-corrected chi connectivity index (χ2v) is 11.2. The molecule has 1 aliphatic rings. The van der Waals surface area contributed by atoms with Crippen molar-refractivity contribution < 1.29 is 9.59 Å². The van der Waals surface area contributed by atoms with Gasteiger partial charge in [0.1, 0.15) is 34.9 Å². The first kappa shape index (κ1) is 25.8. The lowest BCUT2D eigenvalue weighted by molar-refractivity contribution is 0.0967. The zero-order chi connectivity index (χ0) is 25.9. The van der Waals surface area contributed by atoms with E-state index in [0.29, 0.717) is 39.3 Å². The Labute approximate surface area is 214 Å². The molecule has 3 aromatic heterocycles. The number of nitrogens with one attached hydrogen (secondary N) is 1. The molecule has 4 heterocycles. The van der Waals surface area contributed by atoms with Gasteiger partial charge >= 0.3 is 0 Å². The van der Waals surface area contributed by atoms with Crippen LogP contribution >= 0.6 is 11.3 Å². The molecule has 1 saturated heterocycles. The largest absolute Gasteiger partial charge is 0.383 e. The summed E-state index contributed by atoms with van der Waals surface area (Å²) in [7, 11) is 0.